The van der Waals surface area contributed by atoms with Crippen LogP contribution in [0.15, 0.2) is 30.5 Å². The molecule has 0 amide bonds. The van der Waals surface area contributed by atoms with E-state index in [0.717, 1.165) is 42.1 Å². The zero-order chi connectivity index (χ0) is 15.2. The molecule has 0 radical (unpaired) electrons. The van der Waals surface area contributed by atoms with Gasteiger partial charge in [-0.3, -0.25) is 4.98 Å². The molecule has 2 rings (SSSR count). The molecule has 0 saturated heterocycles. The molecule has 0 aliphatic carbocycles. The third kappa shape index (κ3) is 4.16. The highest BCUT2D eigenvalue weighted by Crippen LogP contribution is 2.24. The predicted molar refractivity (Wildman–Crippen MR) is 90.8 cm³/mol. The van der Waals surface area contributed by atoms with Gasteiger partial charge in [-0.2, -0.15) is 0 Å². The molecule has 1 heterocycles. The van der Waals surface area contributed by atoms with Gasteiger partial charge >= 0.3 is 0 Å². The lowest BCUT2D eigenvalue weighted by atomic mass is 10.1. The van der Waals surface area contributed by atoms with Crippen molar-refractivity contribution in [2.24, 2.45) is 0 Å². The molecular formula is C17H24ClN3. The fourth-order valence-corrected chi connectivity index (χ4v) is 2.77. The first-order valence-corrected chi connectivity index (χ1v) is 8.01. The Morgan fingerprint density at radius 3 is 2.71 bits per heavy atom. The maximum absolute atomic E-state index is 6.23. The Bertz CT molecular complexity index is 581. The number of fused-ring (bicyclic) bond motifs is 1. The Morgan fingerprint density at radius 2 is 2.00 bits per heavy atom. The number of benzene rings is 1. The van der Waals surface area contributed by atoms with Crippen molar-refractivity contribution in [3.05, 3.63) is 41.0 Å². The topological polar surface area (TPSA) is 28.2 Å². The summed E-state index contributed by atoms with van der Waals surface area (Å²) in [5.74, 6) is 0. The molecule has 3 nitrogen and oxygen atoms in total. The quantitative estimate of drug-likeness (QED) is 0.845. The van der Waals surface area contributed by atoms with Crippen molar-refractivity contribution < 1.29 is 0 Å². The lowest BCUT2D eigenvalue weighted by Crippen LogP contribution is -2.38. The monoisotopic (exact) mass is 305 g/mol. The molecule has 1 unspecified atom stereocenters. The summed E-state index contributed by atoms with van der Waals surface area (Å²) in [6, 6.07) is 8.41. The summed E-state index contributed by atoms with van der Waals surface area (Å²) in [6.45, 7) is 10.7. The van der Waals surface area contributed by atoms with E-state index >= 15 is 0 Å². The van der Waals surface area contributed by atoms with Crippen LogP contribution in [-0.4, -0.2) is 35.6 Å². The highest BCUT2D eigenvalue weighted by Gasteiger charge is 2.09. The van der Waals surface area contributed by atoms with E-state index in [1.165, 1.54) is 5.56 Å². The van der Waals surface area contributed by atoms with E-state index in [9.17, 15) is 0 Å². The molecule has 114 valence electrons. The van der Waals surface area contributed by atoms with Crippen LogP contribution in [0.5, 0.6) is 0 Å². The van der Waals surface area contributed by atoms with Crippen LogP contribution in [-0.2, 0) is 6.54 Å². The Morgan fingerprint density at radius 1 is 1.24 bits per heavy atom. The second-order valence-electron chi connectivity index (χ2n) is 5.37. The number of aromatic nitrogens is 1. The highest BCUT2D eigenvalue weighted by atomic mass is 35.5. The Kier molecular flexibility index (Phi) is 5.97. The number of nitrogens with one attached hydrogen (secondary N) is 1. The zero-order valence-electron chi connectivity index (χ0n) is 13.1. The van der Waals surface area contributed by atoms with Crippen LogP contribution in [0.25, 0.3) is 10.9 Å². The molecule has 0 spiro atoms. The molecule has 21 heavy (non-hydrogen) atoms. The number of hydrogen-bond acceptors (Lipinski definition) is 3. The summed E-state index contributed by atoms with van der Waals surface area (Å²) in [5.41, 5.74) is 2.19. The van der Waals surface area contributed by atoms with E-state index in [0.29, 0.717) is 6.04 Å². The molecule has 4 heteroatoms. The van der Waals surface area contributed by atoms with Crippen molar-refractivity contribution in [2.45, 2.75) is 33.4 Å². The lowest BCUT2D eigenvalue weighted by Gasteiger charge is -2.23. The van der Waals surface area contributed by atoms with Gasteiger partial charge in [-0.15, -0.1) is 0 Å². The number of rotatable bonds is 7. The number of likely N-dealkylation sites (N-methyl/N-ethyl adjacent to an activating group) is 1. The Hall–Kier alpha value is -1.16. The molecule has 0 aliphatic heterocycles. The van der Waals surface area contributed by atoms with E-state index in [1.807, 2.05) is 24.4 Å². The van der Waals surface area contributed by atoms with Gasteiger partial charge < -0.3 is 10.2 Å². The first kappa shape index (κ1) is 16.2. The van der Waals surface area contributed by atoms with E-state index in [1.54, 1.807) is 0 Å². The van der Waals surface area contributed by atoms with Gasteiger partial charge in [-0.1, -0.05) is 31.5 Å². The molecule has 0 bridgehead atoms. The molecule has 1 aromatic heterocycles. The summed E-state index contributed by atoms with van der Waals surface area (Å²) in [6.07, 6.45) is 1.82. The fourth-order valence-electron chi connectivity index (χ4n) is 2.56. The van der Waals surface area contributed by atoms with Gasteiger partial charge in [-0.05, 0) is 43.8 Å². The van der Waals surface area contributed by atoms with Crippen LogP contribution in [0.4, 0.5) is 0 Å². The normalized spacial score (nSPS) is 13.0. The average molecular weight is 306 g/mol. The van der Waals surface area contributed by atoms with E-state index in [-0.39, 0.29) is 0 Å². The third-order valence-electron chi connectivity index (χ3n) is 3.87. The van der Waals surface area contributed by atoms with Crippen LogP contribution in [0, 0.1) is 0 Å². The van der Waals surface area contributed by atoms with Gasteiger partial charge in [0.15, 0.2) is 0 Å². The second-order valence-corrected chi connectivity index (χ2v) is 5.78. The smallest absolute Gasteiger partial charge is 0.0761 e. The minimum absolute atomic E-state index is 0.444. The maximum atomic E-state index is 6.23. The first-order valence-electron chi connectivity index (χ1n) is 7.63. The van der Waals surface area contributed by atoms with E-state index < -0.39 is 0 Å². The van der Waals surface area contributed by atoms with Crippen LogP contribution in [0.1, 0.15) is 26.3 Å². The molecule has 1 atom stereocenters. The third-order valence-corrected chi connectivity index (χ3v) is 4.20. The van der Waals surface area contributed by atoms with Crippen molar-refractivity contribution in [2.75, 3.05) is 19.6 Å². The van der Waals surface area contributed by atoms with Crippen molar-refractivity contribution in [1.29, 1.82) is 0 Å². The van der Waals surface area contributed by atoms with Crippen LogP contribution in [0.2, 0.25) is 5.02 Å². The van der Waals surface area contributed by atoms with Gasteiger partial charge in [-0.25, -0.2) is 0 Å². The lowest BCUT2D eigenvalue weighted by molar-refractivity contribution is 0.271. The summed E-state index contributed by atoms with van der Waals surface area (Å²) in [4.78, 5) is 6.90. The maximum Gasteiger partial charge on any atom is 0.0761 e. The van der Waals surface area contributed by atoms with E-state index in [4.69, 9.17) is 11.6 Å². The van der Waals surface area contributed by atoms with Gasteiger partial charge in [0.2, 0.25) is 0 Å². The Labute approximate surface area is 132 Å². The summed E-state index contributed by atoms with van der Waals surface area (Å²) in [7, 11) is 0. The molecule has 0 fully saturated rings. The molecule has 1 aromatic carbocycles. The fraction of sp³-hybridized carbons (Fsp3) is 0.471. The molecule has 2 aromatic rings. The van der Waals surface area contributed by atoms with E-state index in [2.05, 4.69) is 42.0 Å². The second kappa shape index (κ2) is 7.74. The molecule has 0 saturated carbocycles. The predicted octanol–water partition coefficient (Wildman–Crippen LogP) is 3.71. The van der Waals surface area contributed by atoms with Gasteiger partial charge in [0, 0.05) is 35.7 Å². The van der Waals surface area contributed by atoms with Gasteiger partial charge in [0.25, 0.3) is 0 Å². The van der Waals surface area contributed by atoms with Crippen LogP contribution in [0.3, 0.4) is 0 Å². The minimum Gasteiger partial charge on any atom is -0.309 e. The minimum atomic E-state index is 0.444. The van der Waals surface area contributed by atoms with Gasteiger partial charge in [0.05, 0.1) is 5.52 Å². The summed E-state index contributed by atoms with van der Waals surface area (Å²) >= 11 is 6.23. The number of pyridine rings is 1. The molecule has 1 N–H and O–H groups in total. The average Bonchev–Trinajstić information content (AvgIpc) is 2.52. The van der Waals surface area contributed by atoms with Crippen LogP contribution >= 0.6 is 11.6 Å². The first-order chi connectivity index (χ1) is 10.2. The van der Waals surface area contributed by atoms with Gasteiger partial charge in [0.1, 0.15) is 0 Å². The SMILES string of the molecule is CCN(CC)CC(C)NCc1ccc(Cl)c2cccnc12. The van der Waals surface area contributed by atoms with Crippen molar-refractivity contribution >= 4 is 22.5 Å². The number of nitrogens with zero attached hydrogens (tertiary/aromatic N) is 2. The zero-order valence-corrected chi connectivity index (χ0v) is 13.8. The Balaban J connectivity index is 2.05. The molecular weight excluding hydrogens is 282 g/mol. The number of halogens is 1. The standard InChI is InChI=1S/C17H24ClN3/c1-4-21(5-2)12-13(3)20-11-14-8-9-16(18)15-7-6-10-19-17(14)15/h6-10,13,20H,4-5,11-12H2,1-3H3. The highest BCUT2D eigenvalue weighted by molar-refractivity contribution is 6.35. The summed E-state index contributed by atoms with van der Waals surface area (Å²) in [5, 5.41) is 5.37. The summed E-state index contributed by atoms with van der Waals surface area (Å²) < 4.78 is 0. The van der Waals surface area contributed by atoms with Crippen molar-refractivity contribution in [3.8, 4) is 0 Å². The van der Waals surface area contributed by atoms with Crippen molar-refractivity contribution in [1.82, 2.24) is 15.2 Å². The molecule has 0 aliphatic rings. The number of hydrogen-bond donors (Lipinski definition) is 1. The largest absolute Gasteiger partial charge is 0.309 e. The van der Waals surface area contributed by atoms with Crippen LogP contribution < -0.4 is 5.32 Å². The van der Waals surface area contributed by atoms with Crippen molar-refractivity contribution in [3.63, 3.8) is 0 Å².